The molecule has 1 N–H and O–H groups in total. The number of rotatable bonds is 10. The predicted molar refractivity (Wildman–Crippen MR) is 169 cm³/mol. The molecule has 0 unspecified atom stereocenters. The molecule has 12 heteroatoms. The number of benzene rings is 2. The number of hydrogen-bond acceptors (Lipinski definition) is 9. The Bertz CT molecular complexity index is 1530. The molecule has 0 saturated carbocycles. The first-order valence-corrected chi connectivity index (χ1v) is 17.5. The van der Waals surface area contributed by atoms with E-state index in [0.717, 1.165) is 47.5 Å². The van der Waals surface area contributed by atoms with E-state index in [1.165, 1.54) is 18.4 Å². The molecule has 2 aromatic carbocycles. The average Bonchev–Trinajstić information content (AvgIpc) is 3.36. The predicted octanol–water partition coefficient (Wildman–Crippen LogP) is 5.35. The van der Waals surface area contributed by atoms with E-state index in [-0.39, 0.29) is 35.0 Å². The van der Waals surface area contributed by atoms with Crippen LogP contribution in [0.25, 0.3) is 10.4 Å². The SMILES string of the molecule is COC(=O)c1sc(-c2cccc(C3CCN(S(=O)(=O)Cc4ccccc4)CC3)c2)c(Br)c1OCC(=O)OC1CCNCC1. The smallest absolute Gasteiger partial charge is 0.351 e. The summed E-state index contributed by atoms with van der Waals surface area (Å²) in [6.45, 7) is 2.20. The van der Waals surface area contributed by atoms with Crippen molar-refractivity contribution >= 4 is 49.2 Å². The Morgan fingerprint density at radius 1 is 1.02 bits per heavy atom. The summed E-state index contributed by atoms with van der Waals surface area (Å²) in [6.07, 6.45) is 2.79. The van der Waals surface area contributed by atoms with E-state index in [1.807, 2.05) is 42.5 Å². The molecule has 3 aromatic rings. The average molecular weight is 692 g/mol. The summed E-state index contributed by atoms with van der Waals surface area (Å²) in [4.78, 5) is 26.1. The van der Waals surface area contributed by atoms with Crippen molar-refractivity contribution in [3.8, 4) is 16.2 Å². The second kappa shape index (κ2) is 14.3. The molecule has 0 bridgehead atoms. The number of esters is 2. The number of nitrogens with zero attached hydrogens (tertiary/aromatic N) is 1. The maximum Gasteiger partial charge on any atom is 0.351 e. The first kappa shape index (κ1) is 31.6. The van der Waals surface area contributed by atoms with Crippen molar-refractivity contribution in [1.29, 1.82) is 0 Å². The Morgan fingerprint density at radius 2 is 1.74 bits per heavy atom. The number of piperidine rings is 2. The molecule has 1 aromatic heterocycles. The minimum Gasteiger partial charge on any atom is -0.479 e. The molecule has 2 fully saturated rings. The molecule has 0 amide bonds. The second-order valence-electron chi connectivity index (χ2n) is 10.7. The van der Waals surface area contributed by atoms with Crippen molar-refractivity contribution in [3.63, 3.8) is 0 Å². The normalized spacial score (nSPS) is 17.0. The number of thiophene rings is 1. The molecular formula is C31H35BrN2O7S2. The molecule has 43 heavy (non-hydrogen) atoms. The summed E-state index contributed by atoms with van der Waals surface area (Å²) >= 11 is 4.83. The second-order valence-corrected chi connectivity index (χ2v) is 14.4. The number of carbonyl (C=O) groups excluding carboxylic acids is 2. The monoisotopic (exact) mass is 690 g/mol. The Morgan fingerprint density at radius 3 is 2.44 bits per heavy atom. The van der Waals surface area contributed by atoms with Gasteiger partial charge < -0.3 is 19.5 Å². The van der Waals surface area contributed by atoms with Crippen LogP contribution >= 0.6 is 27.3 Å². The molecule has 2 aliphatic heterocycles. The summed E-state index contributed by atoms with van der Waals surface area (Å²) in [7, 11) is -2.09. The zero-order valence-electron chi connectivity index (χ0n) is 23.9. The zero-order valence-corrected chi connectivity index (χ0v) is 27.1. The lowest BCUT2D eigenvalue weighted by Gasteiger charge is -2.31. The summed E-state index contributed by atoms with van der Waals surface area (Å²) in [6, 6.07) is 17.3. The highest BCUT2D eigenvalue weighted by Gasteiger charge is 2.30. The fourth-order valence-electron chi connectivity index (χ4n) is 5.48. The number of methoxy groups -OCH3 is 1. The lowest BCUT2D eigenvalue weighted by Crippen LogP contribution is -2.38. The maximum absolute atomic E-state index is 13.0. The number of ether oxygens (including phenoxy) is 3. The Hall–Kier alpha value is -2.77. The van der Waals surface area contributed by atoms with Gasteiger partial charge >= 0.3 is 11.9 Å². The lowest BCUT2D eigenvalue weighted by molar-refractivity contribution is -0.152. The van der Waals surface area contributed by atoms with E-state index in [1.54, 1.807) is 4.31 Å². The number of hydrogen-bond donors (Lipinski definition) is 1. The van der Waals surface area contributed by atoms with E-state index in [9.17, 15) is 18.0 Å². The van der Waals surface area contributed by atoms with Crippen LogP contribution in [0.1, 0.15) is 52.4 Å². The van der Waals surface area contributed by atoms with Gasteiger partial charge in [0.25, 0.3) is 0 Å². The van der Waals surface area contributed by atoms with Crippen LogP contribution in [0.5, 0.6) is 5.75 Å². The van der Waals surface area contributed by atoms with Gasteiger partial charge in [0, 0.05) is 13.1 Å². The third-order valence-electron chi connectivity index (χ3n) is 7.76. The Labute approximate surface area is 264 Å². The van der Waals surface area contributed by atoms with Gasteiger partial charge in [-0.1, -0.05) is 54.6 Å². The zero-order chi connectivity index (χ0) is 30.4. The van der Waals surface area contributed by atoms with Crippen LogP contribution in [-0.4, -0.2) is 70.7 Å². The number of nitrogens with one attached hydrogen (secondary N) is 1. The van der Waals surface area contributed by atoms with Crippen molar-refractivity contribution in [1.82, 2.24) is 9.62 Å². The van der Waals surface area contributed by atoms with Gasteiger partial charge in [-0.15, -0.1) is 11.3 Å². The minimum absolute atomic E-state index is 0.00309. The summed E-state index contributed by atoms with van der Waals surface area (Å²) in [5.41, 5.74) is 2.77. The third-order valence-corrected chi connectivity index (χ3v) is 11.8. The number of sulfonamides is 1. The van der Waals surface area contributed by atoms with Crippen molar-refractivity contribution in [3.05, 3.63) is 75.1 Å². The maximum atomic E-state index is 13.0. The van der Waals surface area contributed by atoms with Crippen molar-refractivity contribution in [2.24, 2.45) is 0 Å². The van der Waals surface area contributed by atoms with Gasteiger partial charge in [0.05, 0.1) is 22.2 Å². The van der Waals surface area contributed by atoms with Gasteiger partial charge in [-0.25, -0.2) is 22.3 Å². The van der Waals surface area contributed by atoms with Crippen molar-refractivity contribution in [2.45, 2.75) is 43.5 Å². The first-order valence-electron chi connectivity index (χ1n) is 14.3. The van der Waals surface area contributed by atoms with E-state index >= 15 is 0 Å². The van der Waals surface area contributed by atoms with Gasteiger partial charge in [0.2, 0.25) is 10.0 Å². The molecule has 0 aliphatic carbocycles. The summed E-state index contributed by atoms with van der Waals surface area (Å²) < 4.78 is 44.6. The molecule has 9 nitrogen and oxygen atoms in total. The van der Waals surface area contributed by atoms with E-state index in [2.05, 4.69) is 33.4 Å². The third kappa shape index (κ3) is 7.85. The number of halogens is 1. The van der Waals surface area contributed by atoms with Crippen LogP contribution < -0.4 is 10.1 Å². The Balaban J connectivity index is 1.27. The topological polar surface area (TPSA) is 111 Å². The highest BCUT2D eigenvalue weighted by molar-refractivity contribution is 9.10. The molecule has 230 valence electrons. The lowest BCUT2D eigenvalue weighted by atomic mass is 9.89. The highest BCUT2D eigenvalue weighted by Crippen LogP contribution is 2.46. The number of carbonyl (C=O) groups is 2. The molecular weight excluding hydrogens is 656 g/mol. The summed E-state index contributed by atoms with van der Waals surface area (Å²) in [5.74, 6) is -0.595. The van der Waals surface area contributed by atoms with Crippen molar-refractivity contribution < 1.29 is 32.2 Å². The molecule has 0 atom stereocenters. The first-order chi connectivity index (χ1) is 20.7. The largest absolute Gasteiger partial charge is 0.479 e. The van der Waals surface area contributed by atoms with Crippen LogP contribution in [0.15, 0.2) is 59.1 Å². The van der Waals surface area contributed by atoms with Gasteiger partial charge in [-0.05, 0) is 77.3 Å². The van der Waals surface area contributed by atoms with Gasteiger partial charge in [-0.3, -0.25) is 0 Å². The van der Waals surface area contributed by atoms with Crippen LogP contribution in [0.4, 0.5) is 0 Å². The van der Waals surface area contributed by atoms with Gasteiger partial charge in [-0.2, -0.15) is 0 Å². The Kier molecular flexibility index (Phi) is 10.6. The quantitative estimate of drug-likeness (QED) is 0.284. The van der Waals surface area contributed by atoms with E-state index in [4.69, 9.17) is 14.2 Å². The summed E-state index contributed by atoms with van der Waals surface area (Å²) in [5, 5.41) is 3.23. The van der Waals surface area contributed by atoms with Crippen LogP contribution in [0.2, 0.25) is 0 Å². The molecule has 5 rings (SSSR count). The van der Waals surface area contributed by atoms with Crippen LogP contribution in [0, 0.1) is 0 Å². The van der Waals surface area contributed by atoms with Crippen molar-refractivity contribution in [2.75, 3.05) is 39.9 Å². The van der Waals surface area contributed by atoms with E-state index in [0.29, 0.717) is 30.4 Å². The molecule has 0 spiro atoms. The minimum atomic E-state index is -3.40. The highest BCUT2D eigenvalue weighted by atomic mass is 79.9. The van der Waals surface area contributed by atoms with Gasteiger partial charge in [0.15, 0.2) is 17.2 Å². The fraction of sp³-hybridized carbons (Fsp3) is 0.419. The van der Waals surface area contributed by atoms with E-state index < -0.39 is 22.0 Å². The fourth-order valence-corrected chi connectivity index (χ4v) is 9.01. The molecule has 2 aliphatic rings. The molecule has 2 saturated heterocycles. The molecule has 0 radical (unpaired) electrons. The van der Waals surface area contributed by atoms with Gasteiger partial charge in [0.1, 0.15) is 6.10 Å². The standard InChI is InChI=1S/C31H35BrN2O7S2/c1-39-31(36)30-28(40-19-26(35)41-25-10-14-33-15-11-25)27(32)29(42-30)24-9-5-8-23(18-24)22-12-16-34(17-13-22)43(37,38)20-21-6-3-2-4-7-21/h2-9,18,22,25,33H,10-17,19-20H2,1H3. The van der Waals surface area contributed by atoms with Crippen LogP contribution in [-0.2, 0) is 30.0 Å². The molecule has 3 heterocycles. The van der Waals surface area contributed by atoms with Crippen LogP contribution in [0.3, 0.4) is 0 Å².